The molecule has 0 aromatic carbocycles. The van der Waals surface area contributed by atoms with E-state index in [4.69, 9.17) is 9.84 Å². The van der Waals surface area contributed by atoms with Crippen LogP contribution in [0.5, 0.6) is 0 Å². The monoisotopic (exact) mass is 158 g/mol. The standard InChI is InChI=1S/C9H18O2/c1-3-8-4-9(11-6-8)7(2)5-10/h7-10H,3-6H2,1-2H3/t7?,8-,9-/m0/s1. The Balaban J connectivity index is 2.29. The van der Waals surface area contributed by atoms with E-state index < -0.39 is 0 Å². The summed E-state index contributed by atoms with van der Waals surface area (Å²) in [4.78, 5) is 0. The summed E-state index contributed by atoms with van der Waals surface area (Å²) in [6, 6.07) is 0. The highest BCUT2D eigenvalue weighted by Gasteiger charge is 2.27. The van der Waals surface area contributed by atoms with Crippen molar-refractivity contribution in [2.75, 3.05) is 13.2 Å². The quantitative estimate of drug-likeness (QED) is 0.673. The largest absolute Gasteiger partial charge is 0.396 e. The Hall–Kier alpha value is -0.0800. The number of hydrogen-bond donors (Lipinski definition) is 1. The summed E-state index contributed by atoms with van der Waals surface area (Å²) in [5.41, 5.74) is 0. The molecular formula is C9H18O2. The van der Waals surface area contributed by atoms with Gasteiger partial charge < -0.3 is 9.84 Å². The van der Waals surface area contributed by atoms with Gasteiger partial charge in [0.1, 0.15) is 0 Å². The highest BCUT2D eigenvalue weighted by atomic mass is 16.5. The zero-order valence-electron chi connectivity index (χ0n) is 7.42. The summed E-state index contributed by atoms with van der Waals surface area (Å²) in [7, 11) is 0. The van der Waals surface area contributed by atoms with Gasteiger partial charge in [0.05, 0.1) is 6.10 Å². The first-order valence-corrected chi connectivity index (χ1v) is 4.50. The Morgan fingerprint density at radius 2 is 2.36 bits per heavy atom. The molecule has 1 heterocycles. The molecule has 11 heavy (non-hydrogen) atoms. The van der Waals surface area contributed by atoms with Gasteiger partial charge in [0.2, 0.25) is 0 Å². The maximum absolute atomic E-state index is 8.87. The molecule has 2 nitrogen and oxygen atoms in total. The normalized spacial score (nSPS) is 34.1. The minimum atomic E-state index is 0.251. The second-order valence-corrected chi connectivity index (χ2v) is 3.54. The molecule has 1 unspecified atom stereocenters. The fraction of sp³-hybridized carbons (Fsp3) is 1.00. The summed E-state index contributed by atoms with van der Waals surface area (Å²) in [6.45, 7) is 5.38. The van der Waals surface area contributed by atoms with Crippen LogP contribution < -0.4 is 0 Å². The third-order valence-corrected chi connectivity index (χ3v) is 2.61. The van der Waals surface area contributed by atoms with E-state index in [9.17, 15) is 0 Å². The Morgan fingerprint density at radius 1 is 1.64 bits per heavy atom. The maximum Gasteiger partial charge on any atom is 0.0626 e. The summed E-state index contributed by atoms with van der Waals surface area (Å²) in [5, 5.41) is 8.87. The lowest BCUT2D eigenvalue weighted by Crippen LogP contribution is -2.19. The van der Waals surface area contributed by atoms with Gasteiger partial charge in [-0.3, -0.25) is 0 Å². The van der Waals surface area contributed by atoms with Crippen molar-refractivity contribution in [1.29, 1.82) is 0 Å². The fourth-order valence-electron chi connectivity index (χ4n) is 1.52. The molecule has 0 radical (unpaired) electrons. The van der Waals surface area contributed by atoms with E-state index in [2.05, 4.69) is 6.92 Å². The van der Waals surface area contributed by atoms with Gasteiger partial charge in [-0.05, 0) is 12.3 Å². The number of rotatable bonds is 3. The lowest BCUT2D eigenvalue weighted by Gasteiger charge is -2.15. The molecule has 3 atom stereocenters. The maximum atomic E-state index is 8.87. The van der Waals surface area contributed by atoms with Gasteiger partial charge >= 0.3 is 0 Å². The molecule has 1 rings (SSSR count). The van der Waals surface area contributed by atoms with Gasteiger partial charge in [0.25, 0.3) is 0 Å². The molecule has 0 aromatic rings. The molecule has 0 amide bonds. The second-order valence-electron chi connectivity index (χ2n) is 3.54. The molecule has 1 fully saturated rings. The molecule has 0 spiro atoms. The van der Waals surface area contributed by atoms with Crippen molar-refractivity contribution in [3.8, 4) is 0 Å². The molecule has 0 bridgehead atoms. The van der Waals surface area contributed by atoms with Crippen LogP contribution in [0.4, 0.5) is 0 Å². The lowest BCUT2D eigenvalue weighted by molar-refractivity contribution is 0.0430. The van der Waals surface area contributed by atoms with Crippen LogP contribution in [-0.2, 0) is 4.74 Å². The number of aliphatic hydroxyl groups excluding tert-OH is 1. The first kappa shape index (κ1) is 9.01. The third kappa shape index (κ3) is 2.17. The summed E-state index contributed by atoms with van der Waals surface area (Å²) in [5.74, 6) is 1.04. The van der Waals surface area contributed by atoms with Crippen LogP contribution in [0.1, 0.15) is 26.7 Å². The molecule has 66 valence electrons. The average molecular weight is 158 g/mol. The summed E-state index contributed by atoms with van der Waals surface area (Å²) < 4.78 is 5.55. The Bertz CT molecular complexity index is 114. The first-order valence-electron chi connectivity index (χ1n) is 4.50. The predicted molar refractivity (Wildman–Crippen MR) is 44.4 cm³/mol. The van der Waals surface area contributed by atoms with E-state index in [0.717, 1.165) is 18.9 Å². The van der Waals surface area contributed by atoms with E-state index in [1.165, 1.54) is 6.42 Å². The van der Waals surface area contributed by atoms with Gasteiger partial charge in [-0.1, -0.05) is 20.3 Å². The van der Waals surface area contributed by atoms with Crippen molar-refractivity contribution in [3.63, 3.8) is 0 Å². The zero-order valence-corrected chi connectivity index (χ0v) is 7.42. The number of hydrogen-bond acceptors (Lipinski definition) is 2. The number of ether oxygens (including phenoxy) is 1. The van der Waals surface area contributed by atoms with E-state index in [1.54, 1.807) is 0 Å². The van der Waals surface area contributed by atoms with E-state index >= 15 is 0 Å². The second kappa shape index (κ2) is 4.07. The molecule has 0 aliphatic carbocycles. The lowest BCUT2D eigenvalue weighted by atomic mass is 9.96. The van der Waals surface area contributed by atoms with E-state index in [1.807, 2.05) is 6.92 Å². The molecule has 1 aliphatic heterocycles. The van der Waals surface area contributed by atoms with E-state index in [0.29, 0.717) is 12.0 Å². The Labute approximate surface area is 68.6 Å². The van der Waals surface area contributed by atoms with Crippen LogP contribution in [0, 0.1) is 11.8 Å². The minimum absolute atomic E-state index is 0.251. The predicted octanol–water partition coefficient (Wildman–Crippen LogP) is 1.43. The Kier molecular flexibility index (Phi) is 3.34. The van der Waals surface area contributed by atoms with Crippen LogP contribution in [0.15, 0.2) is 0 Å². The summed E-state index contributed by atoms with van der Waals surface area (Å²) >= 11 is 0. The molecule has 0 saturated carbocycles. The van der Waals surface area contributed by atoms with Crippen LogP contribution in [0.3, 0.4) is 0 Å². The Morgan fingerprint density at radius 3 is 2.82 bits per heavy atom. The average Bonchev–Trinajstić information content (AvgIpc) is 2.50. The van der Waals surface area contributed by atoms with E-state index in [-0.39, 0.29) is 6.61 Å². The van der Waals surface area contributed by atoms with Crippen molar-refractivity contribution >= 4 is 0 Å². The number of aliphatic hydroxyl groups is 1. The van der Waals surface area contributed by atoms with Gasteiger partial charge in [-0.15, -0.1) is 0 Å². The van der Waals surface area contributed by atoms with Crippen LogP contribution in [0.2, 0.25) is 0 Å². The summed E-state index contributed by atoms with van der Waals surface area (Å²) in [6.07, 6.45) is 2.65. The molecule has 1 saturated heterocycles. The van der Waals surface area contributed by atoms with Crippen molar-refractivity contribution in [2.45, 2.75) is 32.8 Å². The van der Waals surface area contributed by atoms with Gasteiger partial charge in [0.15, 0.2) is 0 Å². The van der Waals surface area contributed by atoms with Crippen molar-refractivity contribution in [1.82, 2.24) is 0 Å². The van der Waals surface area contributed by atoms with Crippen LogP contribution in [0.25, 0.3) is 0 Å². The highest BCUT2D eigenvalue weighted by Crippen LogP contribution is 2.26. The van der Waals surface area contributed by atoms with Crippen molar-refractivity contribution in [3.05, 3.63) is 0 Å². The molecule has 2 heteroatoms. The van der Waals surface area contributed by atoms with Gasteiger partial charge in [-0.2, -0.15) is 0 Å². The zero-order chi connectivity index (χ0) is 8.27. The SMILES string of the molecule is CC[C@@H]1CO[C@H](C(C)CO)C1. The highest BCUT2D eigenvalue weighted by molar-refractivity contribution is 4.76. The van der Waals surface area contributed by atoms with Crippen LogP contribution >= 0.6 is 0 Å². The smallest absolute Gasteiger partial charge is 0.0626 e. The third-order valence-electron chi connectivity index (χ3n) is 2.61. The molecular weight excluding hydrogens is 140 g/mol. The molecule has 0 aromatic heterocycles. The molecule has 1 aliphatic rings. The van der Waals surface area contributed by atoms with Crippen molar-refractivity contribution < 1.29 is 9.84 Å². The first-order chi connectivity index (χ1) is 5.27. The minimum Gasteiger partial charge on any atom is -0.396 e. The van der Waals surface area contributed by atoms with Gasteiger partial charge in [0, 0.05) is 19.1 Å². The van der Waals surface area contributed by atoms with Crippen LogP contribution in [-0.4, -0.2) is 24.4 Å². The van der Waals surface area contributed by atoms with Crippen molar-refractivity contribution in [2.24, 2.45) is 11.8 Å². The van der Waals surface area contributed by atoms with Gasteiger partial charge in [-0.25, -0.2) is 0 Å². The fourth-order valence-corrected chi connectivity index (χ4v) is 1.52. The molecule has 1 N–H and O–H groups in total. The topological polar surface area (TPSA) is 29.5 Å².